The lowest BCUT2D eigenvalue weighted by atomic mass is 9.85. The predicted molar refractivity (Wildman–Crippen MR) is 80.3 cm³/mol. The van der Waals surface area contributed by atoms with Crippen molar-refractivity contribution < 1.29 is 33.4 Å². The second-order valence-corrected chi connectivity index (χ2v) is 5.86. The summed E-state index contributed by atoms with van der Waals surface area (Å²) in [6.45, 7) is 4.00. The van der Waals surface area contributed by atoms with E-state index in [1.54, 1.807) is 0 Å². The van der Waals surface area contributed by atoms with Gasteiger partial charge in [0.05, 0.1) is 5.92 Å². The van der Waals surface area contributed by atoms with Gasteiger partial charge in [-0.1, -0.05) is 6.58 Å². The normalized spacial score (nSPS) is 27.8. The van der Waals surface area contributed by atoms with E-state index in [1.807, 2.05) is 0 Å². The molecule has 2 aliphatic rings. The fourth-order valence-electron chi connectivity index (χ4n) is 2.99. The maximum atomic E-state index is 12.0. The van der Waals surface area contributed by atoms with Crippen LogP contribution in [-0.4, -0.2) is 42.8 Å². The third-order valence-electron chi connectivity index (χ3n) is 4.22. The molecule has 3 unspecified atom stereocenters. The molecule has 0 radical (unpaired) electrons. The molecule has 0 aromatic rings. The molecule has 0 aromatic heterocycles. The van der Waals surface area contributed by atoms with Gasteiger partial charge in [-0.3, -0.25) is 19.2 Å². The molecule has 1 N–H and O–H groups in total. The molecular formula is C16H21NO7. The van der Waals surface area contributed by atoms with Crippen molar-refractivity contribution in [2.75, 3.05) is 6.54 Å². The first-order valence-electron chi connectivity index (χ1n) is 7.95. The third-order valence-corrected chi connectivity index (χ3v) is 4.22. The van der Waals surface area contributed by atoms with E-state index < -0.39 is 23.8 Å². The van der Waals surface area contributed by atoms with Crippen molar-refractivity contribution in [3.8, 4) is 0 Å². The molecule has 1 saturated carbocycles. The molecule has 2 rings (SSSR count). The van der Waals surface area contributed by atoms with Gasteiger partial charge in [0, 0.05) is 19.4 Å². The first-order chi connectivity index (χ1) is 11.5. The molecule has 132 valence electrons. The second-order valence-electron chi connectivity index (χ2n) is 5.86. The minimum Gasteiger partial charge on any atom is -0.454 e. The summed E-state index contributed by atoms with van der Waals surface area (Å²) >= 11 is 0. The second kappa shape index (κ2) is 7.94. The molecule has 1 amide bonds. The Labute approximate surface area is 139 Å². The van der Waals surface area contributed by atoms with Crippen molar-refractivity contribution in [1.29, 1.82) is 0 Å². The Morgan fingerprint density at radius 2 is 2.17 bits per heavy atom. The van der Waals surface area contributed by atoms with Crippen LogP contribution in [0.1, 0.15) is 38.5 Å². The number of carbonyl (C=O) groups is 4. The zero-order chi connectivity index (χ0) is 17.6. The van der Waals surface area contributed by atoms with Gasteiger partial charge in [0.1, 0.15) is 0 Å². The van der Waals surface area contributed by atoms with Gasteiger partial charge in [-0.15, -0.1) is 0 Å². The van der Waals surface area contributed by atoms with Crippen LogP contribution < -0.4 is 5.32 Å². The summed E-state index contributed by atoms with van der Waals surface area (Å²) in [6.07, 6.45) is 2.88. The molecule has 1 aliphatic heterocycles. The first-order valence-corrected chi connectivity index (χ1v) is 7.95. The number of esters is 2. The lowest BCUT2D eigenvalue weighted by molar-refractivity contribution is -0.248. The highest BCUT2D eigenvalue weighted by Crippen LogP contribution is 2.44. The molecule has 3 atom stereocenters. The number of rotatable bonds is 9. The fraction of sp³-hybridized carbons (Fsp3) is 0.625. The van der Waals surface area contributed by atoms with Crippen LogP contribution in [0.4, 0.5) is 0 Å². The summed E-state index contributed by atoms with van der Waals surface area (Å²) in [5, 5.41) is 2.61. The molecule has 0 aromatic carbocycles. The number of hydrogen-bond donors (Lipinski definition) is 1. The van der Waals surface area contributed by atoms with Gasteiger partial charge < -0.3 is 19.5 Å². The number of hydrogen-bond acceptors (Lipinski definition) is 7. The highest BCUT2D eigenvalue weighted by atomic mass is 16.8. The van der Waals surface area contributed by atoms with Gasteiger partial charge in [-0.25, -0.2) is 0 Å². The summed E-state index contributed by atoms with van der Waals surface area (Å²) in [5.41, 5.74) is 0. The fourth-order valence-corrected chi connectivity index (χ4v) is 2.99. The van der Waals surface area contributed by atoms with Crippen LogP contribution in [0.3, 0.4) is 0 Å². The van der Waals surface area contributed by atoms with Gasteiger partial charge >= 0.3 is 11.9 Å². The van der Waals surface area contributed by atoms with Crippen LogP contribution in [0.2, 0.25) is 0 Å². The molecule has 24 heavy (non-hydrogen) atoms. The Kier molecular flexibility index (Phi) is 5.94. The number of ether oxygens (including phenoxy) is 3. The molecule has 1 aliphatic carbocycles. The van der Waals surface area contributed by atoms with Crippen molar-refractivity contribution in [2.24, 2.45) is 5.92 Å². The van der Waals surface area contributed by atoms with E-state index in [1.165, 1.54) is 6.08 Å². The molecule has 0 spiro atoms. The van der Waals surface area contributed by atoms with E-state index in [0.29, 0.717) is 32.2 Å². The van der Waals surface area contributed by atoms with Crippen LogP contribution in [0, 0.1) is 5.92 Å². The van der Waals surface area contributed by atoms with E-state index in [4.69, 9.17) is 14.2 Å². The van der Waals surface area contributed by atoms with Crippen LogP contribution in [0.5, 0.6) is 0 Å². The lowest BCUT2D eigenvalue weighted by Gasteiger charge is -2.35. The molecule has 8 nitrogen and oxygen atoms in total. The molecule has 2 bridgehead atoms. The smallest absolute Gasteiger partial charge is 0.312 e. The minimum atomic E-state index is -1.48. The standard InChI is InChI=1S/C16H21NO7/c1-2-13(19)17-8-4-3-5-14(20)23-12-7-6-11-9-16(12,22-10-18)24-15(11)21/h2,10-12H,1,3-9H2,(H,17,19). The highest BCUT2D eigenvalue weighted by molar-refractivity contribution is 5.86. The Hall–Kier alpha value is -2.38. The monoisotopic (exact) mass is 339 g/mol. The van der Waals surface area contributed by atoms with E-state index in [9.17, 15) is 19.2 Å². The minimum absolute atomic E-state index is 0.162. The average Bonchev–Trinajstić information content (AvgIpc) is 2.81. The predicted octanol–water partition coefficient (Wildman–Crippen LogP) is 0.597. The molecule has 1 heterocycles. The van der Waals surface area contributed by atoms with Crippen molar-refractivity contribution in [3.63, 3.8) is 0 Å². The van der Waals surface area contributed by atoms with Crippen LogP contribution in [0.25, 0.3) is 0 Å². The van der Waals surface area contributed by atoms with Gasteiger partial charge in [0.2, 0.25) is 5.91 Å². The number of carbonyl (C=O) groups excluding carboxylic acids is 4. The van der Waals surface area contributed by atoms with Gasteiger partial charge in [0.25, 0.3) is 12.3 Å². The van der Waals surface area contributed by atoms with Crippen molar-refractivity contribution in [3.05, 3.63) is 12.7 Å². The molecule has 8 heteroatoms. The first kappa shape index (κ1) is 18.0. The Bertz CT molecular complexity index is 533. The summed E-state index contributed by atoms with van der Waals surface area (Å²) in [7, 11) is 0. The van der Waals surface area contributed by atoms with E-state index >= 15 is 0 Å². The molecular weight excluding hydrogens is 318 g/mol. The summed E-state index contributed by atoms with van der Waals surface area (Å²) in [4.78, 5) is 45.3. The Morgan fingerprint density at radius 1 is 1.38 bits per heavy atom. The summed E-state index contributed by atoms with van der Waals surface area (Å²) < 4.78 is 15.5. The number of fused-ring (bicyclic) bond motifs is 2. The number of nitrogens with one attached hydrogen (secondary N) is 1. The van der Waals surface area contributed by atoms with Gasteiger partial charge in [-0.05, 0) is 31.8 Å². The topological polar surface area (TPSA) is 108 Å². The SMILES string of the molecule is C=CC(=O)NCCCCC(=O)OC1CCC2CC1(OC=O)OC2=O. The average molecular weight is 339 g/mol. The van der Waals surface area contributed by atoms with E-state index in [2.05, 4.69) is 11.9 Å². The molecule has 2 fully saturated rings. The highest BCUT2D eigenvalue weighted by Gasteiger charge is 2.59. The van der Waals surface area contributed by atoms with Crippen molar-refractivity contribution in [1.82, 2.24) is 5.32 Å². The Balaban J connectivity index is 1.78. The van der Waals surface area contributed by atoms with Gasteiger partial charge in [-0.2, -0.15) is 0 Å². The number of amides is 1. The summed E-state index contributed by atoms with van der Waals surface area (Å²) in [6, 6.07) is 0. The summed E-state index contributed by atoms with van der Waals surface area (Å²) in [5.74, 6) is -2.92. The maximum Gasteiger partial charge on any atom is 0.312 e. The zero-order valence-corrected chi connectivity index (χ0v) is 13.3. The quantitative estimate of drug-likeness (QED) is 0.283. The van der Waals surface area contributed by atoms with E-state index in [-0.39, 0.29) is 31.1 Å². The Morgan fingerprint density at radius 3 is 2.88 bits per heavy atom. The van der Waals surface area contributed by atoms with Crippen LogP contribution in [0.15, 0.2) is 12.7 Å². The zero-order valence-electron chi connectivity index (χ0n) is 13.3. The van der Waals surface area contributed by atoms with E-state index in [0.717, 1.165) is 0 Å². The largest absolute Gasteiger partial charge is 0.454 e. The molecule has 1 saturated heterocycles. The van der Waals surface area contributed by atoms with Crippen LogP contribution in [-0.2, 0) is 33.4 Å². The third kappa shape index (κ3) is 4.12. The maximum absolute atomic E-state index is 12.0. The van der Waals surface area contributed by atoms with Crippen molar-refractivity contribution in [2.45, 2.75) is 50.4 Å². The lowest BCUT2D eigenvalue weighted by Crippen LogP contribution is -2.48. The van der Waals surface area contributed by atoms with Crippen molar-refractivity contribution >= 4 is 24.3 Å². The van der Waals surface area contributed by atoms with Crippen LogP contribution >= 0.6 is 0 Å². The van der Waals surface area contributed by atoms with Gasteiger partial charge in [0.15, 0.2) is 6.10 Å². The number of unbranched alkanes of at least 4 members (excludes halogenated alkanes) is 1.